The molecule has 0 atom stereocenters. The van der Waals surface area contributed by atoms with Crippen LogP contribution in [-0.4, -0.2) is 36.6 Å². The van der Waals surface area contributed by atoms with Gasteiger partial charge in [0.15, 0.2) is 0 Å². The van der Waals surface area contributed by atoms with Crippen molar-refractivity contribution in [3.8, 4) is 0 Å². The van der Waals surface area contributed by atoms with Crippen molar-refractivity contribution in [2.75, 3.05) is 32.1 Å². The minimum atomic E-state index is 0.778. The van der Waals surface area contributed by atoms with Crippen LogP contribution in [0.15, 0.2) is 24.5 Å². The Morgan fingerprint density at radius 3 is 2.89 bits per heavy atom. The second-order valence-electron chi connectivity index (χ2n) is 5.65. The fourth-order valence-electron chi connectivity index (χ4n) is 2.82. The lowest BCUT2D eigenvalue weighted by molar-refractivity contribution is 0.367. The first-order valence-electron chi connectivity index (χ1n) is 7.08. The van der Waals surface area contributed by atoms with Crippen LogP contribution in [-0.2, 0) is 6.42 Å². The topological polar surface area (TPSA) is 32.6 Å². The maximum absolute atomic E-state index is 4.61. The molecule has 0 unspecified atom stereocenters. The first-order valence-corrected chi connectivity index (χ1v) is 7.08. The molecule has 0 aliphatic carbocycles. The van der Waals surface area contributed by atoms with Crippen molar-refractivity contribution in [1.82, 2.24) is 14.7 Å². The number of hydrogen-bond acceptors (Lipinski definition) is 3. The number of fused-ring (bicyclic) bond motifs is 1. The smallest absolute Gasteiger partial charge is 0.113 e. The molecule has 1 aliphatic rings. The molecule has 1 aliphatic heterocycles. The van der Waals surface area contributed by atoms with E-state index in [9.17, 15) is 0 Å². The highest BCUT2D eigenvalue weighted by Gasteiger charge is 2.16. The molecule has 0 aromatic carbocycles. The van der Waals surface area contributed by atoms with Crippen molar-refractivity contribution in [2.24, 2.45) is 5.92 Å². The van der Waals surface area contributed by atoms with E-state index in [1.807, 2.05) is 6.20 Å². The number of nitrogens with zero attached hydrogens (tertiary/aromatic N) is 3. The lowest BCUT2D eigenvalue weighted by Crippen LogP contribution is -2.29. The molecule has 1 N–H and O–H groups in total. The van der Waals surface area contributed by atoms with Crippen molar-refractivity contribution < 1.29 is 0 Å². The van der Waals surface area contributed by atoms with Crippen LogP contribution in [0.3, 0.4) is 0 Å². The molecule has 3 heterocycles. The lowest BCUT2D eigenvalue weighted by Gasteiger charge is -2.22. The zero-order chi connectivity index (χ0) is 13.2. The Bertz CT molecular complexity index is 552. The zero-order valence-electron chi connectivity index (χ0n) is 11.8. The van der Waals surface area contributed by atoms with Gasteiger partial charge in [0, 0.05) is 32.4 Å². The predicted octanol–water partition coefficient (Wildman–Crippen LogP) is 1.94. The van der Waals surface area contributed by atoms with Crippen molar-refractivity contribution in [1.29, 1.82) is 0 Å². The largest absolute Gasteiger partial charge is 0.378 e. The fraction of sp³-hybridized carbons (Fsp3) is 0.533. The van der Waals surface area contributed by atoms with Crippen LogP contribution in [0, 0.1) is 5.92 Å². The van der Waals surface area contributed by atoms with Gasteiger partial charge in [0.25, 0.3) is 0 Å². The predicted molar refractivity (Wildman–Crippen MR) is 78.8 cm³/mol. The van der Waals surface area contributed by atoms with Crippen LogP contribution in [0.1, 0.15) is 18.7 Å². The molecule has 102 valence electrons. The molecule has 0 bridgehead atoms. The Morgan fingerprint density at radius 2 is 2.16 bits per heavy atom. The third kappa shape index (κ3) is 2.59. The average Bonchev–Trinajstić information content (AvgIpc) is 2.82. The molecule has 2 aromatic rings. The number of imidazole rings is 1. The second kappa shape index (κ2) is 5.21. The maximum Gasteiger partial charge on any atom is 0.113 e. The van der Waals surface area contributed by atoms with Gasteiger partial charge < -0.3 is 14.6 Å². The number of aromatic nitrogens is 2. The van der Waals surface area contributed by atoms with Gasteiger partial charge in [-0.2, -0.15) is 0 Å². The van der Waals surface area contributed by atoms with Crippen LogP contribution in [0.25, 0.3) is 5.52 Å². The van der Waals surface area contributed by atoms with E-state index in [4.69, 9.17) is 0 Å². The lowest BCUT2D eigenvalue weighted by atomic mass is 9.94. The van der Waals surface area contributed by atoms with Crippen LogP contribution >= 0.6 is 0 Å². The van der Waals surface area contributed by atoms with Crippen LogP contribution < -0.4 is 10.2 Å². The number of rotatable bonds is 3. The van der Waals surface area contributed by atoms with Gasteiger partial charge in [-0.25, -0.2) is 4.98 Å². The van der Waals surface area contributed by atoms with E-state index in [-0.39, 0.29) is 0 Å². The quantitative estimate of drug-likeness (QED) is 0.913. The summed E-state index contributed by atoms with van der Waals surface area (Å²) in [7, 11) is 4.14. The molecule has 3 rings (SSSR count). The normalized spacial score (nSPS) is 16.9. The average molecular weight is 258 g/mol. The highest BCUT2D eigenvalue weighted by atomic mass is 15.1. The Kier molecular flexibility index (Phi) is 3.42. The second-order valence-corrected chi connectivity index (χ2v) is 5.65. The summed E-state index contributed by atoms with van der Waals surface area (Å²) in [5.74, 6) is 1.98. The first-order chi connectivity index (χ1) is 9.24. The molecule has 0 saturated carbocycles. The van der Waals surface area contributed by atoms with Gasteiger partial charge in [0.05, 0.1) is 11.7 Å². The van der Waals surface area contributed by atoms with E-state index in [1.54, 1.807) is 0 Å². The van der Waals surface area contributed by atoms with Crippen molar-refractivity contribution in [2.45, 2.75) is 19.3 Å². The number of piperidine rings is 1. The molecule has 0 amide bonds. The van der Waals surface area contributed by atoms with Gasteiger partial charge in [-0.3, -0.25) is 0 Å². The van der Waals surface area contributed by atoms with Gasteiger partial charge in [0.2, 0.25) is 0 Å². The van der Waals surface area contributed by atoms with Gasteiger partial charge in [-0.1, -0.05) is 0 Å². The Hall–Kier alpha value is -1.55. The van der Waals surface area contributed by atoms with E-state index in [0.29, 0.717) is 0 Å². The molecular formula is C15H22N4. The SMILES string of the molecule is CN(C)c1ccn2c(CC3CCNCC3)ncc2c1. The molecule has 0 radical (unpaired) electrons. The number of pyridine rings is 1. The molecule has 19 heavy (non-hydrogen) atoms. The molecular weight excluding hydrogens is 236 g/mol. The van der Waals surface area contributed by atoms with E-state index in [2.05, 4.69) is 52.0 Å². The van der Waals surface area contributed by atoms with Gasteiger partial charge in [-0.05, 0) is 44.0 Å². The summed E-state index contributed by atoms with van der Waals surface area (Å²) in [5.41, 5.74) is 2.41. The number of nitrogens with one attached hydrogen (secondary N) is 1. The fourth-order valence-corrected chi connectivity index (χ4v) is 2.82. The van der Waals surface area contributed by atoms with Crippen molar-refractivity contribution >= 4 is 11.2 Å². The minimum Gasteiger partial charge on any atom is -0.378 e. The molecule has 2 aromatic heterocycles. The maximum atomic E-state index is 4.61. The number of anilines is 1. The summed E-state index contributed by atoms with van der Waals surface area (Å²) in [4.78, 5) is 6.74. The summed E-state index contributed by atoms with van der Waals surface area (Å²) in [6.07, 6.45) is 7.77. The zero-order valence-corrected chi connectivity index (χ0v) is 11.8. The molecule has 1 fully saturated rings. The monoisotopic (exact) mass is 258 g/mol. The van der Waals surface area contributed by atoms with Crippen LogP contribution in [0.4, 0.5) is 5.69 Å². The summed E-state index contributed by atoms with van der Waals surface area (Å²) in [5, 5.41) is 3.42. The standard InChI is InChI=1S/C15H22N4/c1-18(2)13-5-8-19-14(10-13)11-17-15(19)9-12-3-6-16-7-4-12/h5,8,10-12,16H,3-4,6-7,9H2,1-2H3. The van der Waals surface area contributed by atoms with E-state index in [0.717, 1.165) is 25.4 Å². The Balaban J connectivity index is 1.84. The highest BCUT2D eigenvalue weighted by Crippen LogP contribution is 2.20. The van der Waals surface area contributed by atoms with Crippen molar-refractivity contribution in [3.63, 3.8) is 0 Å². The minimum absolute atomic E-state index is 0.778. The van der Waals surface area contributed by atoms with Gasteiger partial charge in [-0.15, -0.1) is 0 Å². The third-order valence-electron chi connectivity index (χ3n) is 4.04. The summed E-state index contributed by atoms with van der Waals surface area (Å²) in [6.45, 7) is 2.30. The summed E-state index contributed by atoms with van der Waals surface area (Å²) < 4.78 is 2.23. The molecule has 4 heteroatoms. The highest BCUT2D eigenvalue weighted by molar-refractivity contribution is 5.58. The van der Waals surface area contributed by atoms with Crippen LogP contribution in [0.2, 0.25) is 0 Å². The Morgan fingerprint density at radius 1 is 1.37 bits per heavy atom. The Labute approximate surface area is 114 Å². The molecule has 4 nitrogen and oxygen atoms in total. The summed E-state index contributed by atoms with van der Waals surface area (Å²) in [6, 6.07) is 4.35. The first kappa shape index (κ1) is 12.5. The van der Waals surface area contributed by atoms with Gasteiger partial charge >= 0.3 is 0 Å². The molecule has 0 spiro atoms. The van der Waals surface area contributed by atoms with E-state index < -0.39 is 0 Å². The molecule has 1 saturated heterocycles. The third-order valence-corrected chi connectivity index (χ3v) is 4.04. The van der Waals surface area contributed by atoms with Gasteiger partial charge in [0.1, 0.15) is 5.82 Å². The number of hydrogen-bond donors (Lipinski definition) is 1. The van der Waals surface area contributed by atoms with E-state index in [1.165, 1.54) is 29.9 Å². The van der Waals surface area contributed by atoms with E-state index >= 15 is 0 Å². The van der Waals surface area contributed by atoms with Crippen LogP contribution in [0.5, 0.6) is 0 Å². The van der Waals surface area contributed by atoms with Crippen molar-refractivity contribution in [3.05, 3.63) is 30.4 Å². The summed E-state index contributed by atoms with van der Waals surface area (Å²) >= 11 is 0.